The molecule has 31 heavy (non-hydrogen) atoms. The van der Waals surface area contributed by atoms with Crippen LogP contribution < -0.4 is 10.1 Å². The van der Waals surface area contributed by atoms with Gasteiger partial charge in [-0.25, -0.2) is 0 Å². The molecule has 2 amide bonds. The van der Waals surface area contributed by atoms with Gasteiger partial charge in [-0.15, -0.1) is 22.9 Å². The van der Waals surface area contributed by atoms with Gasteiger partial charge in [-0.05, 0) is 41.1 Å². The third kappa shape index (κ3) is 6.32. The monoisotopic (exact) mass is 456 g/mol. The summed E-state index contributed by atoms with van der Waals surface area (Å²) in [5.41, 5.74) is 1.84. The molecule has 0 spiro atoms. The van der Waals surface area contributed by atoms with Gasteiger partial charge in [-0.3, -0.25) is 9.59 Å². The van der Waals surface area contributed by atoms with Crippen LogP contribution in [0.1, 0.15) is 22.0 Å². The fourth-order valence-electron chi connectivity index (χ4n) is 3.30. The molecule has 2 aromatic carbocycles. The molecule has 1 heterocycles. The van der Waals surface area contributed by atoms with Crippen LogP contribution in [-0.2, 0) is 22.6 Å². The number of nitrogens with zero attached hydrogens (tertiary/aromatic N) is 1. The number of rotatable bonds is 10. The molecular weight excluding hydrogens is 432 g/mol. The van der Waals surface area contributed by atoms with Crippen molar-refractivity contribution in [3.8, 4) is 5.75 Å². The lowest BCUT2D eigenvalue weighted by Gasteiger charge is -2.30. The maximum absolute atomic E-state index is 13.3. The first-order chi connectivity index (χ1) is 15.1. The van der Waals surface area contributed by atoms with Crippen LogP contribution in [0.2, 0.25) is 0 Å². The van der Waals surface area contributed by atoms with Crippen molar-refractivity contribution in [2.24, 2.45) is 0 Å². The lowest BCUT2D eigenvalue weighted by atomic mass is 10.0. The number of hydrogen-bond acceptors (Lipinski definition) is 4. The first-order valence-electron chi connectivity index (χ1n) is 9.95. The van der Waals surface area contributed by atoms with E-state index in [1.54, 1.807) is 24.1 Å². The van der Waals surface area contributed by atoms with E-state index >= 15 is 0 Å². The van der Waals surface area contributed by atoms with Crippen molar-refractivity contribution in [1.29, 1.82) is 0 Å². The van der Waals surface area contributed by atoms with E-state index in [1.165, 1.54) is 11.3 Å². The minimum absolute atomic E-state index is 0.199. The largest absolute Gasteiger partial charge is 0.497 e. The number of carbonyl (C=O) groups is 2. The molecule has 3 aromatic rings. The van der Waals surface area contributed by atoms with E-state index in [2.05, 4.69) is 5.32 Å². The van der Waals surface area contributed by atoms with Crippen molar-refractivity contribution < 1.29 is 14.3 Å². The van der Waals surface area contributed by atoms with Gasteiger partial charge in [-0.1, -0.05) is 48.5 Å². The average Bonchev–Trinajstić information content (AvgIpc) is 3.32. The molecule has 0 radical (unpaired) electrons. The summed E-state index contributed by atoms with van der Waals surface area (Å²) in [7, 11) is 1.59. The Morgan fingerprint density at radius 2 is 1.81 bits per heavy atom. The van der Waals surface area contributed by atoms with Gasteiger partial charge < -0.3 is 15.0 Å². The Kier molecular flexibility index (Phi) is 8.50. The highest BCUT2D eigenvalue weighted by Gasteiger charge is 2.31. The van der Waals surface area contributed by atoms with Gasteiger partial charge in [0.1, 0.15) is 17.7 Å². The van der Waals surface area contributed by atoms with E-state index in [0.717, 1.165) is 10.4 Å². The van der Waals surface area contributed by atoms with E-state index in [1.807, 2.05) is 60.0 Å². The maximum atomic E-state index is 13.3. The minimum Gasteiger partial charge on any atom is -0.497 e. The Labute approximate surface area is 191 Å². The number of nitrogens with one attached hydrogen (secondary N) is 1. The molecule has 0 fully saturated rings. The normalized spacial score (nSPS) is 11.5. The molecule has 0 saturated heterocycles. The Bertz CT molecular complexity index is 962. The minimum atomic E-state index is -0.796. The predicted octanol–water partition coefficient (Wildman–Crippen LogP) is 4.42. The van der Waals surface area contributed by atoms with Crippen LogP contribution in [0.4, 0.5) is 0 Å². The van der Waals surface area contributed by atoms with Gasteiger partial charge in [0.25, 0.3) is 0 Å². The first-order valence-corrected chi connectivity index (χ1v) is 11.4. The van der Waals surface area contributed by atoms with Gasteiger partial charge in [0.05, 0.1) is 13.7 Å². The van der Waals surface area contributed by atoms with Gasteiger partial charge >= 0.3 is 0 Å². The topological polar surface area (TPSA) is 58.6 Å². The van der Waals surface area contributed by atoms with Crippen molar-refractivity contribution in [1.82, 2.24) is 10.2 Å². The Morgan fingerprint density at radius 3 is 2.42 bits per heavy atom. The number of carbonyl (C=O) groups excluding carboxylic acids is 2. The van der Waals surface area contributed by atoms with Crippen molar-refractivity contribution >= 4 is 34.8 Å². The van der Waals surface area contributed by atoms with Crippen LogP contribution in [0.25, 0.3) is 0 Å². The molecule has 0 aliphatic carbocycles. The van der Waals surface area contributed by atoms with Gasteiger partial charge in [0.15, 0.2) is 0 Å². The Morgan fingerprint density at radius 1 is 1.06 bits per heavy atom. The summed E-state index contributed by atoms with van der Waals surface area (Å²) in [5.74, 6) is -0.0549. The van der Waals surface area contributed by atoms with Crippen molar-refractivity contribution in [2.75, 3.05) is 19.5 Å². The van der Waals surface area contributed by atoms with E-state index in [-0.39, 0.29) is 17.7 Å². The first kappa shape index (κ1) is 22.8. The molecule has 1 aromatic heterocycles. The summed E-state index contributed by atoms with van der Waals surface area (Å²) < 4.78 is 5.24. The molecule has 5 nitrogen and oxygen atoms in total. The molecule has 7 heteroatoms. The molecular formula is C24H25ClN2O3S. The van der Waals surface area contributed by atoms with Crippen molar-refractivity contribution in [3.63, 3.8) is 0 Å². The highest BCUT2D eigenvalue weighted by Crippen LogP contribution is 2.27. The van der Waals surface area contributed by atoms with Crippen molar-refractivity contribution in [2.45, 2.75) is 19.0 Å². The Hall–Kier alpha value is -2.83. The van der Waals surface area contributed by atoms with Gasteiger partial charge in [0, 0.05) is 11.4 Å². The smallest absolute Gasteiger partial charge is 0.247 e. The average molecular weight is 457 g/mol. The number of hydrogen-bond donors (Lipinski definition) is 1. The summed E-state index contributed by atoms with van der Waals surface area (Å²) in [6.45, 7) is 0.781. The zero-order valence-corrected chi connectivity index (χ0v) is 18.9. The molecule has 1 atom stereocenters. The molecule has 3 rings (SSSR count). The molecule has 0 bridgehead atoms. The number of alkyl halides is 1. The number of ether oxygens (including phenoxy) is 1. The number of amides is 2. The van der Waals surface area contributed by atoms with E-state index in [0.29, 0.717) is 30.8 Å². The summed E-state index contributed by atoms with van der Waals surface area (Å²) in [5, 5.41) is 4.94. The number of halogens is 1. The summed E-state index contributed by atoms with van der Waals surface area (Å²) >= 11 is 7.45. The second-order valence-electron chi connectivity index (χ2n) is 6.94. The number of benzene rings is 2. The number of methoxy groups -OCH3 is 1. The quantitative estimate of drug-likeness (QED) is 0.459. The van der Waals surface area contributed by atoms with Crippen LogP contribution in [0.15, 0.2) is 72.1 Å². The zero-order chi connectivity index (χ0) is 22.1. The molecule has 0 saturated carbocycles. The highest BCUT2D eigenvalue weighted by molar-refractivity contribution is 7.09. The van der Waals surface area contributed by atoms with Crippen LogP contribution in [0, 0.1) is 0 Å². The SMILES string of the molecule is COc1ccc(C(C(=O)NCCc2ccccc2)N(Cc2cccs2)C(=O)CCl)cc1. The summed E-state index contributed by atoms with van der Waals surface area (Å²) in [4.78, 5) is 28.6. The van der Waals surface area contributed by atoms with Crippen LogP contribution in [-0.4, -0.2) is 36.2 Å². The molecule has 0 aliphatic rings. The second kappa shape index (κ2) is 11.5. The molecule has 0 aliphatic heterocycles. The summed E-state index contributed by atoms with van der Waals surface area (Å²) in [6.07, 6.45) is 0.705. The van der Waals surface area contributed by atoms with Crippen LogP contribution >= 0.6 is 22.9 Å². The molecule has 1 unspecified atom stereocenters. The Balaban J connectivity index is 1.84. The maximum Gasteiger partial charge on any atom is 0.247 e. The fourth-order valence-corrected chi connectivity index (χ4v) is 4.16. The van der Waals surface area contributed by atoms with Crippen LogP contribution in [0.3, 0.4) is 0 Å². The predicted molar refractivity (Wildman–Crippen MR) is 124 cm³/mol. The van der Waals surface area contributed by atoms with E-state index < -0.39 is 6.04 Å². The lowest BCUT2D eigenvalue weighted by molar-refractivity contribution is -0.139. The zero-order valence-electron chi connectivity index (χ0n) is 17.3. The van der Waals surface area contributed by atoms with Gasteiger partial charge in [0.2, 0.25) is 11.8 Å². The molecule has 1 N–H and O–H groups in total. The standard InChI is InChI=1S/C24H25ClN2O3S/c1-30-20-11-9-19(10-12-20)23(24(29)26-14-13-18-6-3-2-4-7-18)27(22(28)16-25)17-21-8-5-15-31-21/h2-12,15,23H,13-14,16-17H2,1H3,(H,26,29). The molecule has 162 valence electrons. The summed E-state index contributed by atoms with van der Waals surface area (Å²) in [6, 6.07) is 20.2. The highest BCUT2D eigenvalue weighted by atomic mass is 35.5. The number of thiophene rings is 1. The van der Waals surface area contributed by atoms with Crippen molar-refractivity contribution in [3.05, 3.63) is 88.1 Å². The van der Waals surface area contributed by atoms with E-state index in [4.69, 9.17) is 16.3 Å². The second-order valence-corrected chi connectivity index (χ2v) is 8.24. The fraction of sp³-hybridized carbons (Fsp3) is 0.250. The third-order valence-corrected chi connectivity index (χ3v) is 5.98. The van der Waals surface area contributed by atoms with E-state index in [9.17, 15) is 9.59 Å². The van der Waals surface area contributed by atoms with Crippen LogP contribution in [0.5, 0.6) is 5.75 Å². The van der Waals surface area contributed by atoms with Gasteiger partial charge in [-0.2, -0.15) is 0 Å². The lowest BCUT2D eigenvalue weighted by Crippen LogP contribution is -2.44. The third-order valence-electron chi connectivity index (χ3n) is 4.89.